The van der Waals surface area contributed by atoms with E-state index >= 15 is 0 Å². The Balaban J connectivity index is 2.06. The lowest BCUT2D eigenvalue weighted by molar-refractivity contribution is 0.481. The molecule has 1 unspecified atom stereocenters. The largest absolute Gasteiger partial charge is 0.310 e. The van der Waals surface area contributed by atoms with Crippen LogP contribution in [0.1, 0.15) is 44.2 Å². The van der Waals surface area contributed by atoms with Crippen LogP contribution < -0.4 is 5.32 Å². The molecule has 1 saturated carbocycles. The molecule has 0 radical (unpaired) electrons. The first kappa shape index (κ1) is 12.8. The monoisotopic (exact) mass is 255 g/mol. The lowest BCUT2D eigenvalue weighted by atomic mass is 10.00. The van der Waals surface area contributed by atoms with Gasteiger partial charge in [-0.1, -0.05) is 37.4 Å². The van der Waals surface area contributed by atoms with E-state index in [9.17, 15) is 4.39 Å². The minimum absolute atomic E-state index is 0.258. The van der Waals surface area contributed by atoms with Crippen molar-refractivity contribution in [2.45, 2.75) is 38.6 Å². The summed E-state index contributed by atoms with van der Waals surface area (Å²) in [7, 11) is 0. The number of benzene rings is 1. The van der Waals surface area contributed by atoms with Crippen molar-refractivity contribution in [3.8, 4) is 0 Å². The zero-order valence-electron chi connectivity index (χ0n) is 10.2. The Bertz CT molecular complexity index is 376. The zero-order chi connectivity index (χ0) is 12.3. The molecule has 0 aromatic heterocycles. The highest BCUT2D eigenvalue weighted by atomic mass is 35.5. The average Bonchev–Trinajstić information content (AvgIpc) is 3.09. The molecule has 0 aliphatic heterocycles. The predicted molar refractivity (Wildman–Crippen MR) is 69.8 cm³/mol. The fourth-order valence-corrected chi connectivity index (χ4v) is 2.51. The molecule has 0 heterocycles. The van der Waals surface area contributed by atoms with Crippen LogP contribution in [-0.4, -0.2) is 6.54 Å². The van der Waals surface area contributed by atoms with E-state index in [0.29, 0.717) is 5.02 Å². The summed E-state index contributed by atoms with van der Waals surface area (Å²) >= 11 is 6.11. The van der Waals surface area contributed by atoms with E-state index in [1.54, 1.807) is 6.07 Å². The number of rotatable bonds is 6. The van der Waals surface area contributed by atoms with E-state index in [1.807, 2.05) is 0 Å². The van der Waals surface area contributed by atoms with Crippen LogP contribution in [0.25, 0.3) is 0 Å². The van der Waals surface area contributed by atoms with Gasteiger partial charge < -0.3 is 5.32 Å². The molecule has 17 heavy (non-hydrogen) atoms. The molecule has 1 aromatic rings. The lowest BCUT2D eigenvalue weighted by Gasteiger charge is -2.19. The molecule has 3 heteroatoms. The van der Waals surface area contributed by atoms with Crippen LogP contribution in [0.3, 0.4) is 0 Å². The first-order valence-electron chi connectivity index (χ1n) is 6.39. The molecule has 0 bridgehead atoms. The van der Waals surface area contributed by atoms with E-state index < -0.39 is 0 Å². The van der Waals surface area contributed by atoms with Gasteiger partial charge in [-0.3, -0.25) is 0 Å². The van der Waals surface area contributed by atoms with E-state index in [1.165, 1.54) is 31.4 Å². The summed E-state index contributed by atoms with van der Waals surface area (Å²) in [6.07, 6.45) is 5.07. The molecule has 1 aliphatic rings. The Labute approximate surface area is 107 Å². The summed E-state index contributed by atoms with van der Waals surface area (Å²) in [5, 5.41) is 3.97. The summed E-state index contributed by atoms with van der Waals surface area (Å²) in [6, 6.07) is 4.95. The number of halogens is 2. The van der Waals surface area contributed by atoms with Gasteiger partial charge in [-0.2, -0.15) is 0 Å². The van der Waals surface area contributed by atoms with Crippen LogP contribution in [0.2, 0.25) is 5.02 Å². The molecular weight excluding hydrogens is 237 g/mol. The van der Waals surface area contributed by atoms with Crippen LogP contribution in [0, 0.1) is 11.7 Å². The Morgan fingerprint density at radius 3 is 2.82 bits per heavy atom. The van der Waals surface area contributed by atoms with Crippen molar-refractivity contribution in [3.63, 3.8) is 0 Å². The van der Waals surface area contributed by atoms with Gasteiger partial charge in [0.15, 0.2) is 0 Å². The second-order valence-corrected chi connectivity index (χ2v) is 5.20. The highest BCUT2D eigenvalue weighted by Crippen LogP contribution is 2.37. The number of hydrogen-bond donors (Lipinski definition) is 1. The van der Waals surface area contributed by atoms with Crippen LogP contribution in [-0.2, 0) is 0 Å². The standard InChI is InChI=1S/C14H19ClFN/c1-2-17-14(8-5-10-3-4-10)12-7-6-11(16)9-13(12)15/h6-7,9-10,14,17H,2-5,8H2,1H3. The Morgan fingerprint density at radius 1 is 1.47 bits per heavy atom. The maximum absolute atomic E-state index is 13.0. The minimum Gasteiger partial charge on any atom is -0.310 e. The van der Waals surface area contributed by atoms with Gasteiger partial charge >= 0.3 is 0 Å². The van der Waals surface area contributed by atoms with Crippen molar-refractivity contribution in [3.05, 3.63) is 34.6 Å². The van der Waals surface area contributed by atoms with Gasteiger partial charge in [0, 0.05) is 11.1 Å². The van der Waals surface area contributed by atoms with Crippen molar-refractivity contribution in [1.29, 1.82) is 0 Å². The van der Waals surface area contributed by atoms with Crippen molar-refractivity contribution in [1.82, 2.24) is 5.32 Å². The van der Waals surface area contributed by atoms with Crippen LogP contribution in [0.15, 0.2) is 18.2 Å². The summed E-state index contributed by atoms with van der Waals surface area (Å²) in [5.74, 6) is 0.645. The topological polar surface area (TPSA) is 12.0 Å². The summed E-state index contributed by atoms with van der Waals surface area (Å²) < 4.78 is 13.0. The van der Waals surface area contributed by atoms with Crippen molar-refractivity contribution >= 4 is 11.6 Å². The third-order valence-electron chi connectivity index (χ3n) is 3.35. The van der Waals surface area contributed by atoms with E-state index in [4.69, 9.17) is 11.6 Å². The summed E-state index contributed by atoms with van der Waals surface area (Å²) in [4.78, 5) is 0. The van der Waals surface area contributed by atoms with Crippen LogP contribution >= 0.6 is 11.6 Å². The van der Waals surface area contributed by atoms with Gasteiger partial charge in [0.1, 0.15) is 5.82 Å². The highest BCUT2D eigenvalue weighted by molar-refractivity contribution is 6.31. The fourth-order valence-electron chi connectivity index (χ4n) is 2.21. The van der Waals surface area contributed by atoms with Crippen LogP contribution in [0.5, 0.6) is 0 Å². The third-order valence-corrected chi connectivity index (χ3v) is 3.68. The molecule has 0 amide bonds. The maximum Gasteiger partial charge on any atom is 0.124 e. The first-order chi connectivity index (χ1) is 8.20. The number of hydrogen-bond acceptors (Lipinski definition) is 1. The molecule has 94 valence electrons. The van der Waals surface area contributed by atoms with E-state index in [2.05, 4.69) is 12.2 Å². The second-order valence-electron chi connectivity index (χ2n) is 4.80. The molecular formula is C14H19ClFN. The maximum atomic E-state index is 13.0. The summed E-state index contributed by atoms with van der Waals surface area (Å²) in [6.45, 7) is 2.99. The van der Waals surface area contributed by atoms with E-state index in [-0.39, 0.29) is 11.9 Å². The molecule has 0 spiro atoms. The highest BCUT2D eigenvalue weighted by Gasteiger charge is 2.23. The summed E-state index contributed by atoms with van der Waals surface area (Å²) in [5.41, 5.74) is 1.02. The minimum atomic E-state index is -0.267. The number of nitrogens with one attached hydrogen (secondary N) is 1. The third kappa shape index (κ3) is 3.68. The zero-order valence-corrected chi connectivity index (χ0v) is 10.9. The van der Waals surface area contributed by atoms with Gasteiger partial charge in [-0.15, -0.1) is 0 Å². The Kier molecular flexibility index (Phi) is 4.41. The molecule has 1 N–H and O–H groups in total. The van der Waals surface area contributed by atoms with Gasteiger partial charge in [-0.05, 0) is 43.0 Å². The van der Waals surface area contributed by atoms with Crippen molar-refractivity contribution < 1.29 is 4.39 Å². The molecule has 1 nitrogen and oxygen atoms in total. The fraction of sp³-hybridized carbons (Fsp3) is 0.571. The van der Waals surface area contributed by atoms with Crippen LogP contribution in [0.4, 0.5) is 4.39 Å². The van der Waals surface area contributed by atoms with Crippen molar-refractivity contribution in [2.24, 2.45) is 5.92 Å². The van der Waals surface area contributed by atoms with Gasteiger partial charge in [-0.25, -0.2) is 4.39 Å². The smallest absolute Gasteiger partial charge is 0.124 e. The van der Waals surface area contributed by atoms with Crippen molar-refractivity contribution in [2.75, 3.05) is 6.54 Å². The van der Waals surface area contributed by atoms with Gasteiger partial charge in [0.05, 0.1) is 0 Å². The normalized spacial score (nSPS) is 17.1. The predicted octanol–water partition coefficient (Wildman–Crippen LogP) is 4.32. The molecule has 2 rings (SSSR count). The second kappa shape index (κ2) is 5.83. The molecule has 1 atom stereocenters. The molecule has 1 aromatic carbocycles. The quantitative estimate of drug-likeness (QED) is 0.798. The first-order valence-corrected chi connectivity index (χ1v) is 6.76. The Hall–Kier alpha value is -0.600. The molecule has 0 saturated heterocycles. The molecule has 1 aliphatic carbocycles. The Morgan fingerprint density at radius 2 is 2.24 bits per heavy atom. The average molecular weight is 256 g/mol. The van der Waals surface area contributed by atoms with Gasteiger partial charge in [0.2, 0.25) is 0 Å². The van der Waals surface area contributed by atoms with Gasteiger partial charge in [0.25, 0.3) is 0 Å². The lowest BCUT2D eigenvalue weighted by Crippen LogP contribution is -2.21. The SMILES string of the molecule is CCNC(CCC1CC1)c1ccc(F)cc1Cl. The van der Waals surface area contributed by atoms with E-state index in [0.717, 1.165) is 24.4 Å². The molecule has 1 fully saturated rings.